The molecule has 0 aliphatic heterocycles. The molecule has 0 spiro atoms. The summed E-state index contributed by atoms with van der Waals surface area (Å²) in [6.07, 6.45) is 16.0. The molecule has 4 heteroatoms. The summed E-state index contributed by atoms with van der Waals surface area (Å²) in [5.41, 5.74) is 0.778. The molecule has 0 saturated heterocycles. The molecule has 0 aromatic heterocycles. The van der Waals surface area contributed by atoms with Crippen LogP contribution in [0, 0.1) is 5.92 Å². The van der Waals surface area contributed by atoms with E-state index in [9.17, 15) is 14.7 Å². The van der Waals surface area contributed by atoms with Crippen molar-refractivity contribution in [2.75, 3.05) is 0 Å². The van der Waals surface area contributed by atoms with Crippen molar-refractivity contribution in [1.82, 2.24) is 0 Å². The third-order valence-electron chi connectivity index (χ3n) is 4.23. The molecule has 0 aromatic rings. The zero-order valence-corrected chi connectivity index (χ0v) is 14.6. The van der Waals surface area contributed by atoms with Crippen LogP contribution in [-0.4, -0.2) is 28.1 Å². The number of aliphatic hydroxyl groups is 1. The molecular weight excluding hydrogens is 304 g/mol. The van der Waals surface area contributed by atoms with Crippen LogP contribution in [0.25, 0.3) is 0 Å². The maximum atomic E-state index is 11.9. The number of carbonyl (C=O) groups excluding carboxylic acids is 1. The molecule has 134 valence electrons. The second kappa shape index (κ2) is 11.8. The van der Waals surface area contributed by atoms with Crippen LogP contribution in [0.15, 0.2) is 36.0 Å². The molecule has 0 saturated carbocycles. The van der Waals surface area contributed by atoms with Crippen LogP contribution >= 0.6 is 0 Å². The summed E-state index contributed by atoms with van der Waals surface area (Å²) in [5, 5.41) is 18.6. The summed E-state index contributed by atoms with van der Waals surface area (Å²) in [6, 6.07) is 0. The Balaban J connectivity index is 2.39. The fourth-order valence-electron chi connectivity index (χ4n) is 2.79. The van der Waals surface area contributed by atoms with Crippen molar-refractivity contribution in [1.29, 1.82) is 0 Å². The van der Waals surface area contributed by atoms with Crippen LogP contribution in [0.4, 0.5) is 0 Å². The molecule has 24 heavy (non-hydrogen) atoms. The Labute approximate surface area is 145 Å². The predicted molar refractivity (Wildman–Crippen MR) is 95.7 cm³/mol. The highest BCUT2D eigenvalue weighted by atomic mass is 16.4. The van der Waals surface area contributed by atoms with Crippen molar-refractivity contribution >= 4 is 11.8 Å². The van der Waals surface area contributed by atoms with Crippen LogP contribution in [0.5, 0.6) is 0 Å². The van der Waals surface area contributed by atoms with Gasteiger partial charge >= 0.3 is 5.97 Å². The van der Waals surface area contributed by atoms with Gasteiger partial charge in [0.1, 0.15) is 0 Å². The van der Waals surface area contributed by atoms with Gasteiger partial charge in [-0.15, -0.1) is 0 Å². The molecule has 1 rings (SSSR count). The quantitative estimate of drug-likeness (QED) is 0.319. The van der Waals surface area contributed by atoms with Crippen molar-refractivity contribution in [2.24, 2.45) is 5.92 Å². The summed E-state index contributed by atoms with van der Waals surface area (Å²) < 4.78 is 0. The van der Waals surface area contributed by atoms with E-state index < -0.39 is 5.97 Å². The van der Waals surface area contributed by atoms with E-state index in [1.807, 2.05) is 24.3 Å². The maximum absolute atomic E-state index is 11.9. The van der Waals surface area contributed by atoms with Gasteiger partial charge in [0.2, 0.25) is 0 Å². The van der Waals surface area contributed by atoms with E-state index >= 15 is 0 Å². The first kappa shape index (κ1) is 20.4. The Kier molecular flexibility index (Phi) is 10.0. The van der Waals surface area contributed by atoms with Crippen LogP contribution < -0.4 is 0 Å². The monoisotopic (exact) mass is 334 g/mol. The maximum Gasteiger partial charge on any atom is 0.303 e. The molecule has 4 nitrogen and oxygen atoms in total. The zero-order chi connectivity index (χ0) is 17.8. The molecule has 0 heterocycles. The van der Waals surface area contributed by atoms with Gasteiger partial charge in [-0.2, -0.15) is 0 Å². The second-order valence-corrected chi connectivity index (χ2v) is 6.37. The van der Waals surface area contributed by atoms with Gasteiger partial charge in [-0.3, -0.25) is 9.59 Å². The fourth-order valence-corrected chi connectivity index (χ4v) is 2.79. The second-order valence-electron chi connectivity index (χ2n) is 6.37. The number of carboxylic acid groups (broad SMARTS) is 1. The summed E-state index contributed by atoms with van der Waals surface area (Å²) in [5.74, 6) is -0.647. The van der Waals surface area contributed by atoms with E-state index in [1.165, 1.54) is 0 Å². The average molecular weight is 334 g/mol. The molecule has 1 aliphatic carbocycles. The number of carboxylic acids is 1. The van der Waals surface area contributed by atoms with Gasteiger partial charge in [-0.1, -0.05) is 50.5 Å². The van der Waals surface area contributed by atoms with E-state index in [0.29, 0.717) is 12.8 Å². The Bertz CT molecular complexity index is 488. The van der Waals surface area contributed by atoms with E-state index in [-0.39, 0.29) is 24.2 Å². The van der Waals surface area contributed by atoms with E-state index in [1.54, 1.807) is 6.08 Å². The fraction of sp³-hybridized carbons (Fsp3) is 0.600. The first-order valence-electron chi connectivity index (χ1n) is 9.02. The van der Waals surface area contributed by atoms with Gasteiger partial charge < -0.3 is 10.2 Å². The number of aliphatic hydroxyl groups excluding tert-OH is 1. The molecular formula is C20H30O4. The lowest BCUT2D eigenvalue weighted by Gasteiger charge is -2.11. The van der Waals surface area contributed by atoms with Gasteiger partial charge in [0.15, 0.2) is 5.78 Å². The van der Waals surface area contributed by atoms with Crippen LogP contribution in [-0.2, 0) is 9.59 Å². The summed E-state index contributed by atoms with van der Waals surface area (Å²) in [7, 11) is 0. The van der Waals surface area contributed by atoms with Crippen LogP contribution in [0.3, 0.4) is 0 Å². The minimum Gasteiger partial charge on any atom is -0.481 e. The highest BCUT2D eigenvalue weighted by Crippen LogP contribution is 2.26. The van der Waals surface area contributed by atoms with Crippen LogP contribution in [0.1, 0.15) is 64.7 Å². The van der Waals surface area contributed by atoms with E-state index in [0.717, 1.165) is 44.1 Å². The average Bonchev–Trinajstić information content (AvgIpc) is 2.89. The minimum absolute atomic E-state index is 0.0417. The third-order valence-corrected chi connectivity index (χ3v) is 4.23. The lowest BCUT2D eigenvalue weighted by Crippen LogP contribution is -2.08. The largest absolute Gasteiger partial charge is 0.481 e. The van der Waals surface area contributed by atoms with Gasteiger partial charge in [0.25, 0.3) is 0 Å². The number of hydrogen-bond donors (Lipinski definition) is 2. The SMILES string of the molecule is CCCCC[C@H](O)C/C=C1\C(=O)C=C[C@@H]1C/C=C/CCCC(=O)O. The van der Waals surface area contributed by atoms with E-state index in [4.69, 9.17) is 5.11 Å². The first-order valence-corrected chi connectivity index (χ1v) is 9.02. The smallest absolute Gasteiger partial charge is 0.303 e. The lowest BCUT2D eigenvalue weighted by molar-refractivity contribution is -0.137. The number of ketones is 1. The Hall–Kier alpha value is -1.68. The normalized spacial score (nSPS) is 20.3. The molecule has 0 fully saturated rings. The third kappa shape index (κ3) is 8.25. The highest BCUT2D eigenvalue weighted by molar-refractivity contribution is 6.07. The molecule has 0 unspecified atom stereocenters. The number of rotatable bonds is 12. The van der Waals surface area contributed by atoms with Crippen LogP contribution in [0.2, 0.25) is 0 Å². The predicted octanol–water partition coefficient (Wildman–Crippen LogP) is 4.20. The molecule has 2 atom stereocenters. The number of aliphatic carboxylic acids is 1. The van der Waals surface area contributed by atoms with Gasteiger partial charge in [-0.05, 0) is 38.2 Å². The number of hydrogen-bond acceptors (Lipinski definition) is 3. The number of allylic oxidation sites excluding steroid dienone is 5. The zero-order valence-electron chi connectivity index (χ0n) is 14.6. The van der Waals surface area contributed by atoms with Crippen molar-refractivity contribution in [3.05, 3.63) is 36.0 Å². The molecule has 0 aromatic carbocycles. The molecule has 2 N–H and O–H groups in total. The van der Waals surface area contributed by atoms with Gasteiger partial charge in [0.05, 0.1) is 6.10 Å². The number of carbonyl (C=O) groups is 2. The van der Waals surface area contributed by atoms with Crippen molar-refractivity contribution in [3.8, 4) is 0 Å². The first-order chi connectivity index (χ1) is 11.5. The van der Waals surface area contributed by atoms with Crippen molar-refractivity contribution < 1.29 is 19.8 Å². The highest BCUT2D eigenvalue weighted by Gasteiger charge is 2.21. The summed E-state index contributed by atoms with van der Waals surface area (Å²) in [4.78, 5) is 22.4. The van der Waals surface area contributed by atoms with Gasteiger partial charge in [0, 0.05) is 17.9 Å². The standard InChI is InChI=1S/C20H30O4/c1-2-3-6-10-17(21)13-14-18-16(12-15-19(18)22)9-7-4-5-8-11-20(23)24/h4,7,12,14-17,21H,2-3,5-6,8-11,13H2,1H3,(H,23,24)/b7-4+,18-14-/t16-,17-/m0/s1. The Morgan fingerprint density at radius 1 is 1.29 bits per heavy atom. The molecule has 0 radical (unpaired) electrons. The lowest BCUT2D eigenvalue weighted by atomic mass is 9.95. The molecule has 0 amide bonds. The van der Waals surface area contributed by atoms with Crippen molar-refractivity contribution in [2.45, 2.75) is 70.8 Å². The summed E-state index contributed by atoms with van der Waals surface area (Å²) >= 11 is 0. The number of unbranched alkanes of at least 4 members (excludes halogenated alkanes) is 3. The van der Waals surface area contributed by atoms with Gasteiger partial charge in [-0.25, -0.2) is 0 Å². The topological polar surface area (TPSA) is 74.6 Å². The van der Waals surface area contributed by atoms with Crippen molar-refractivity contribution in [3.63, 3.8) is 0 Å². The van der Waals surface area contributed by atoms with E-state index in [2.05, 4.69) is 6.92 Å². The summed E-state index contributed by atoms with van der Waals surface area (Å²) in [6.45, 7) is 2.14. The Morgan fingerprint density at radius 2 is 2.08 bits per heavy atom. The Morgan fingerprint density at radius 3 is 2.79 bits per heavy atom. The molecule has 0 bridgehead atoms. The minimum atomic E-state index is -0.768. The molecule has 1 aliphatic rings.